The molecule has 3 N–H and O–H groups in total. The Bertz CT molecular complexity index is 1370. The Kier molecular flexibility index (Phi) is 41.4. The van der Waals surface area contributed by atoms with Crippen molar-refractivity contribution in [3.63, 3.8) is 0 Å². The number of phosphoric acid groups is 1. The second-order valence-electron chi connectivity index (χ2n) is 17.1. The molecule has 354 valence electrons. The lowest BCUT2D eigenvalue weighted by Gasteiger charge is -2.25. The number of phosphoric ester groups is 1. The molecule has 62 heavy (non-hydrogen) atoms. The predicted octanol–water partition coefficient (Wildman–Crippen LogP) is 14.1. The zero-order valence-electron chi connectivity index (χ0n) is 40.1. The lowest BCUT2D eigenvalue weighted by Crippen LogP contribution is -2.45. The molecule has 0 aromatic rings. The van der Waals surface area contributed by atoms with Crippen LogP contribution in [0.1, 0.15) is 168 Å². The predicted molar refractivity (Wildman–Crippen MR) is 267 cm³/mol. The van der Waals surface area contributed by atoms with Crippen LogP contribution in [0, 0.1) is 0 Å². The number of aliphatic hydroxyl groups is 1. The van der Waals surface area contributed by atoms with Crippen molar-refractivity contribution in [2.24, 2.45) is 0 Å². The van der Waals surface area contributed by atoms with Crippen LogP contribution in [0.2, 0.25) is 0 Å². The van der Waals surface area contributed by atoms with E-state index in [1.165, 1.54) is 57.8 Å². The maximum atomic E-state index is 12.9. The van der Waals surface area contributed by atoms with E-state index in [-0.39, 0.29) is 19.1 Å². The molecule has 0 bridgehead atoms. The monoisotopic (exact) mass is 884 g/mol. The highest BCUT2D eigenvalue weighted by Gasteiger charge is 2.27. The summed E-state index contributed by atoms with van der Waals surface area (Å²) in [5.74, 6) is -0.226. The number of likely N-dealkylation sites (N-methyl/N-ethyl adjacent to an activating group) is 1. The van der Waals surface area contributed by atoms with Gasteiger partial charge in [0.25, 0.3) is 0 Å². The molecule has 0 aromatic heterocycles. The maximum absolute atomic E-state index is 12.9. The standard InChI is InChI=1S/C53H91N2O6P/c1-6-8-10-12-14-16-18-20-21-22-23-24-25-26-27-28-29-30-31-32-33-35-37-39-41-43-45-47-53(57)54-51(50-61-62(58,59)60-49-48-55(3,4)5)52(56)46-44-42-40-38-36-34-19-17-15-13-11-9-7-2/h8,10,14,16,20-21,23-24,26-27,29-30,32-33,37,39,44,46,51-52,56H,6-7,9,11-13,15,17-19,22,25,28,31,34-36,38,40-43,45,47-50H2,1-5H3,(H-,54,57,58,59)/p+1/b10-8-,16-14-,21-20-,24-23-,27-26-,30-29-,33-32-,39-37-,46-44+. The van der Waals surface area contributed by atoms with E-state index in [4.69, 9.17) is 9.05 Å². The van der Waals surface area contributed by atoms with Crippen molar-refractivity contribution in [1.29, 1.82) is 0 Å². The van der Waals surface area contributed by atoms with Gasteiger partial charge in [0.2, 0.25) is 5.91 Å². The summed E-state index contributed by atoms with van der Waals surface area (Å²) in [4.78, 5) is 23.1. The highest BCUT2D eigenvalue weighted by molar-refractivity contribution is 7.47. The van der Waals surface area contributed by atoms with Crippen molar-refractivity contribution < 1.29 is 32.9 Å². The molecule has 3 unspecified atom stereocenters. The van der Waals surface area contributed by atoms with Crippen LogP contribution in [0.5, 0.6) is 0 Å². The normalized spacial score (nSPS) is 15.1. The molecule has 0 heterocycles. The molecule has 0 radical (unpaired) electrons. The molecule has 0 fully saturated rings. The largest absolute Gasteiger partial charge is 0.472 e. The van der Waals surface area contributed by atoms with Gasteiger partial charge in [-0.05, 0) is 83.5 Å². The van der Waals surface area contributed by atoms with E-state index >= 15 is 0 Å². The van der Waals surface area contributed by atoms with Gasteiger partial charge in [-0.2, -0.15) is 0 Å². The first-order chi connectivity index (χ1) is 30.0. The van der Waals surface area contributed by atoms with E-state index in [1.54, 1.807) is 6.08 Å². The lowest BCUT2D eigenvalue weighted by molar-refractivity contribution is -0.870. The van der Waals surface area contributed by atoms with E-state index < -0.39 is 20.0 Å². The molecule has 8 nitrogen and oxygen atoms in total. The molecular formula is C53H92N2O6P+. The molecule has 0 aromatic carbocycles. The zero-order chi connectivity index (χ0) is 45.7. The van der Waals surface area contributed by atoms with Crippen molar-refractivity contribution in [1.82, 2.24) is 5.32 Å². The number of carbonyl (C=O) groups excluding carboxylic acids is 1. The molecule has 0 rings (SSSR count). The Morgan fingerprint density at radius 2 is 0.968 bits per heavy atom. The molecule has 0 spiro atoms. The second kappa shape index (κ2) is 43.4. The molecule has 0 aliphatic rings. The smallest absolute Gasteiger partial charge is 0.387 e. The van der Waals surface area contributed by atoms with Crippen LogP contribution in [0.25, 0.3) is 0 Å². The Hall–Kier alpha value is -2.84. The number of rotatable bonds is 42. The van der Waals surface area contributed by atoms with E-state index in [0.29, 0.717) is 23.9 Å². The number of aliphatic hydroxyl groups excluding tert-OH is 1. The average Bonchev–Trinajstić information content (AvgIpc) is 3.23. The highest BCUT2D eigenvalue weighted by atomic mass is 31.2. The Morgan fingerprint density at radius 1 is 0.565 bits per heavy atom. The van der Waals surface area contributed by atoms with Crippen molar-refractivity contribution in [3.8, 4) is 0 Å². The molecular weight excluding hydrogens is 792 g/mol. The SMILES string of the molecule is CC/C=C\C/C=C\C/C=C\C/C=C\C/C=C\C/C=C\C/C=C\C/C=C\CCCCC(=O)NC(COP(=O)(O)OCC[N+](C)(C)C)C(O)/C=C/CCCCCCCCCCCCC. The third-order valence-electron chi connectivity index (χ3n) is 10.00. The molecule has 1 amide bonds. The number of amides is 1. The summed E-state index contributed by atoms with van der Waals surface area (Å²) in [6, 6.07) is -0.877. The zero-order valence-corrected chi connectivity index (χ0v) is 41.0. The summed E-state index contributed by atoms with van der Waals surface area (Å²) < 4.78 is 23.5. The van der Waals surface area contributed by atoms with E-state index in [0.717, 1.165) is 83.5 Å². The van der Waals surface area contributed by atoms with Crippen LogP contribution in [0.4, 0.5) is 0 Å². The van der Waals surface area contributed by atoms with Crippen LogP contribution in [-0.2, 0) is 18.4 Å². The molecule has 0 aliphatic carbocycles. The molecule has 0 saturated heterocycles. The number of nitrogens with one attached hydrogen (secondary N) is 1. The summed E-state index contributed by atoms with van der Waals surface area (Å²) in [5, 5.41) is 13.8. The summed E-state index contributed by atoms with van der Waals surface area (Å²) in [6.45, 7) is 4.63. The fraction of sp³-hybridized carbons (Fsp3) is 0.642. The topological polar surface area (TPSA) is 105 Å². The second-order valence-corrected chi connectivity index (χ2v) is 18.6. The van der Waals surface area contributed by atoms with Gasteiger partial charge in [0, 0.05) is 6.42 Å². The Balaban J connectivity index is 4.43. The highest BCUT2D eigenvalue weighted by Crippen LogP contribution is 2.43. The quantitative estimate of drug-likeness (QED) is 0.0244. The first-order valence-corrected chi connectivity index (χ1v) is 25.8. The maximum Gasteiger partial charge on any atom is 0.472 e. The Morgan fingerprint density at radius 3 is 1.42 bits per heavy atom. The van der Waals surface area contributed by atoms with Gasteiger partial charge in [-0.25, -0.2) is 4.57 Å². The first kappa shape index (κ1) is 59.2. The van der Waals surface area contributed by atoms with Crippen LogP contribution >= 0.6 is 7.82 Å². The summed E-state index contributed by atoms with van der Waals surface area (Å²) in [6.07, 6.45) is 63.1. The van der Waals surface area contributed by atoms with E-state index in [2.05, 4.69) is 116 Å². The number of unbranched alkanes of at least 4 members (excludes halogenated alkanes) is 13. The van der Waals surface area contributed by atoms with E-state index in [9.17, 15) is 19.4 Å². The summed E-state index contributed by atoms with van der Waals surface area (Å²) in [7, 11) is 1.52. The third kappa shape index (κ3) is 45.2. The van der Waals surface area contributed by atoms with Gasteiger partial charge < -0.3 is 19.8 Å². The summed E-state index contributed by atoms with van der Waals surface area (Å²) in [5.41, 5.74) is 0. The van der Waals surface area contributed by atoms with Crippen molar-refractivity contribution in [3.05, 3.63) is 109 Å². The van der Waals surface area contributed by atoms with Crippen molar-refractivity contribution >= 4 is 13.7 Å². The minimum Gasteiger partial charge on any atom is -0.387 e. The number of hydrogen-bond donors (Lipinski definition) is 3. The number of carbonyl (C=O) groups is 1. The van der Waals surface area contributed by atoms with Gasteiger partial charge in [-0.15, -0.1) is 0 Å². The van der Waals surface area contributed by atoms with Gasteiger partial charge in [0.05, 0.1) is 39.9 Å². The molecule has 0 aliphatic heterocycles. The van der Waals surface area contributed by atoms with E-state index in [1.807, 2.05) is 27.2 Å². The van der Waals surface area contributed by atoms with Gasteiger partial charge in [-0.3, -0.25) is 13.8 Å². The molecule has 0 saturated carbocycles. The minimum atomic E-state index is -4.36. The van der Waals surface area contributed by atoms with Crippen LogP contribution in [0.15, 0.2) is 109 Å². The number of allylic oxidation sites excluding steroid dienone is 17. The van der Waals surface area contributed by atoms with Gasteiger partial charge in [0.15, 0.2) is 0 Å². The summed E-state index contributed by atoms with van der Waals surface area (Å²) >= 11 is 0. The molecule has 3 atom stereocenters. The lowest BCUT2D eigenvalue weighted by atomic mass is 10.0. The minimum absolute atomic E-state index is 0.0464. The van der Waals surface area contributed by atoms with Crippen LogP contribution in [0.3, 0.4) is 0 Å². The fourth-order valence-corrected chi connectivity index (χ4v) is 6.91. The van der Waals surface area contributed by atoms with Crippen LogP contribution in [-0.4, -0.2) is 73.4 Å². The fourth-order valence-electron chi connectivity index (χ4n) is 6.17. The number of nitrogens with zero attached hydrogens (tertiary/aromatic N) is 1. The average molecular weight is 884 g/mol. The van der Waals surface area contributed by atoms with Crippen molar-refractivity contribution in [2.75, 3.05) is 40.9 Å². The number of quaternary nitrogens is 1. The Labute approximate surface area is 381 Å². The van der Waals surface area contributed by atoms with Gasteiger partial charge in [-0.1, -0.05) is 187 Å². The third-order valence-corrected chi connectivity index (χ3v) is 11.0. The van der Waals surface area contributed by atoms with Crippen LogP contribution < -0.4 is 5.32 Å². The van der Waals surface area contributed by atoms with Crippen molar-refractivity contribution in [2.45, 2.75) is 180 Å². The van der Waals surface area contributed by atoms with Gasteiger partial charge in [0.1, 0.15) is 13.2 Å². The molecule has 9 heteroatoms. The first-order valence-electron chi connectivity index (χ1n) is 24.3. The number of hydrogen-bond acceptors (Lipinski definition) is 5. The van der Waals surface area contributed by atoms with Gasteiger partial charge >= 0.3 is 7.82 Å².